The normalized spacial score (nSPS) is 10.7. The zero-order valence-electron chi connectivity index (χ0n) is 16.8. The SMILES string of the molecule is COc1ccc(-c2cc3ccccc3oc2=O)cc1NC(=O)c1cc(Cl)ccc1OC. The number of hydrogen-bond donors (Lipinski definition) is 1. The number of hydrogen-bond acceptors (Lipinski definition) is 5. The van der Waals surface area contributed by atoms with E-state index in [1.54, 1.807) is 48.5 Å². The highest BCUT2D eigenvalue weighted by Crippen LogP contribution is 2.32. The van der Waals surface area contributed by atoms with Crippen molar-refractivity contribution in [1.82, 2.24) is 0 Å². The summed E-state index contributed by atoms with van der Waals surface area (Å²) in [7, 11) is 2.97. The van der Waals surface area contributed by atoms with Crippen molar-refractivity contribution in [2.45, 2.75) is 0 Å². The molecule has 0 aliphatic heterocycles. The summed E-state index contributed by atoms with van der Waals surface area (Å²) < 4.78 is 16.1. The van der Waals surface area contributed by atoms with Crippen LogP contribution in [0.3, 0.4) is 0 Å². The summed E-state index contributed by atoms with van der Waals surface area (Å²) >= 11 is 6.04. The van der Waals surface area contributed by atoms with E-state index in [1.165, 1.54) is 20.3 Å². The van der Waals surface area contributed by atoms with Gasteiger partial charge in [-0.3, -0.25) is 4.79 Å². The minimum atomic E-state index is -0.474. The van der Waals surface area contributed by atoms with E-state index in [1.807, 2.05) is 12.1 Å². The largest absolute Gasteiger partial charge is 0.496 e. The van der Waals surface area contributed by atoms with Gasteiger partial charge in [0.05, 0.1) is 31.0 Å². The molecule has 0 radical (unpaired) electrons. The summed E-state index contributed by atoms with van der Waals surface area (Å²) in [4.78, 5) is 25.5. The summed E-state index contributed by atoms with van der Waals surface area (Å²) in [5.41, 5.74) is 1.64. The topological polar surface area (TPSA) is 77.8 Å². The Balaban J connectivity index is 1.76. The number of methoxy groups -OCH3 is 2. The zero-order chi connectivity index (χ0) is 22.0. The number of carbonyl (C=O) groups excluding carboxylic acids is 1. The second kappa shape index (κ2) is 8.53. The molecule has 0 aliphatic carbocycles. The molecule has 0 bridgehead atoms. The Morgan fingerprint density at radius 3 is 2.45 bits per heavy atom. The van der Waals surface area contributed by atoms with Gasteiger partial charge in [0, 0.05) is 10.4 Å². The average Bonchev–Trinajstić information content (AvgIpc) is 2.78. The van der Waals surface area contributed by atoms with Crippen molar-refractivity contribution in [2.24, 2.45) is 0 Å². The van der Waals surface area contributed by atoms with E-state index in [-0.39, 0.29) is 5.56 Å². The molecule has 0 unspecified atom stereocenters. The maximum absolute atomic E-state index is 12.9. The molecule has 1 amide bonds. The van der Waals surface area contributed by atoms with Gasteiger partial charge in [-0.2, -0.15) is 0 Å². The van der Waals surface area contributed by atoms with Crippen LogP contribution >= 0.6 is 11.6 Å². The number of ether oxygens (including phenoxy) is 2. The van der Waals surface area contributed by atoms with Gasteiger partial charge < -0.3 is 19.2 Å². The zero-order valence-corrected chi connectivity index (χ0v) is 17.5. The first-order valence-electron chi connectivity index (χ1n) is 9.36. The first-order valence-corrected chi connectivity index (χ1v) is 9.74. The fourth-order valence-electron chi connectivity index (χ4n) is 3.28. The summed E-state index contributed by atoms with van der Waals surface area (Å²) in [5, 5.41) is 4.01. The van der Waals surface area contributed by atoms with Crippen molar-refractivity contribution in [3.63, 3.8) is 0 Å². The highest BCUT2D eigenvalue weighted by molar-refractivity contribution is 6.31. The van der Waals surface area contributed by atoms with Crippen LogP contribution in [0.2, 0.25) is 5.02 Å². The molecule has 156 valence electrons. The first kappa shape index (κ1) is 20.5. The lowest BCUT2D eigenvalue weighted by molar-refractivity contribution is 0.102. The van der Waals surface area contributed by atoms with E-state index >= 15 is 0 Å². The van der Waals surface area contributed by atoms with Crippen LogP contribution in [0.1, 0.15) is 10.4 Å². The number of halogens is 1. The maximum atomic E-state index is 12.9. The molecular formula is C24H18ClNO5. The smallest absolute Gasteiger partial charge is 0.344 e. The number of para-hydroxylation sites is 1. The van der Waals surface area contributed by atoms with Crippen LogP contribution in [-0.4, -0.2) is 20.1 Å². The summed E-state index contributed by atoms with van der Waals surface area (Å²) in [6.07, 6.45) is 0. The van der Waals surface area contributed by atoms with Crippen LogP contribution < -0.4 is 20.4 Å². The summed E-state index contributed by atoms with van der Waals surface area (Å²) in [6.45, 7) is 0. The van der Waals surface area contributed by atoms with Gasteiger partial charge in [0.15, 0.2) is 0 Å². The second-order valence-corrected chi connectivity index (χ2v) is 7.14. The van der Waals surface area contributed by atoms with Crippen LogP contribution in [0.25, 0.3) is 22.1 Å². The van der Waals surface area contributed by atoms with Crippen LogP contribution in [0.5, 0.6) is 11.5 Å². The number of fused-ring (bicyclic) bond motifs is 1. The monoisotopic (exact) mass is 435 g/mol. The Hall–Kier alpha value is -3.77. The quantitative estimate of drug-likeness (QED) is 0.425. The molecule has 0 aliphatic rings. The van der Waals surface area contributed by atoms with E-state index in [0.29, 0.717) is 38.9 Å². The predicted octanol–water partition coefficient (Wildman–Crippen LogP) is 5.38. The van der Waals surface area contributed by atoms with Gasteiger partial charge >= 0.3 is 5.63 Å². The third-order valence-corrected chi connectivity index (χ3v) is 5.04. The lowest BCUT2D eigenvalue weighted by atomic mass is 10.0. The summed E-state index contributed by atoms with van der Waals surface area (Å²) in [5.74, 6) is 0.385. The molecule has 4 rings (SSSR count). The molecule has 0 atom stereocenters. The fourth-order valence-corrected chi connectivity index (χ4v) is 3.46. The molecule has 3 aromatic carbocycles. The van der Waals surface area contributed by atoms with E-state index in [9.17, 15) is 9.59 Å². The minimum absolute atomic E-state index is 0.271. The van der Waals surface area contributed by atoms with Gasteiger partial charge in [-0.05, 0) is 48.0 Å². The number of anilines is 1. The lowest BCUT2D eigenvalue weighted by Crippen LogP contribution is -2.14. The number of nitrogens with one attached hydrogen (secondary N) is 1. The molecule has 4 aromatic rings. The minimum Gasteiger partial charge on any atom is -0.496 e. The Bertz CT molecular complexity index is 1350. The second-order valence-electron chi connectivity index (χ2n) is 6.70. The lowest BCUT2D eigenvalue weighted by Gasteiger charge is -2.14. The molecule has 0 saturated carbocycles. The van der Waals surface area contributed by atoms with Gasteiger partial charge in [0.2, 0.25) is 0 Å². The molecular weight excluding hydrogens is 418 g/mol. The van der Waals surface area contributed by atoms with Crippen LogP contribution in [0.15, 0.2) is 75.9 Å². The molecule has 1 aromatic heterocycles. The highest BCUT2D eigenvalue weighted by atomic mass is 35.5. The van der Waals surface area contributed by atoms with Crippen molar-refractivity contribution in [1.29, 1.82) is 0 Å². The van der Waals surface area contributed by atoms with Crippen molar-refractivity contribution >= 4 is 34.2 Å². The van der Waals surface area contributed by atoms with Crippen molar-refractivity contribution < 1.29 is 18.7 Å². The van der Waals surface area contributed by atoms with Crippen molar-refractivity contribution in [2.75, 3.05) is 19.5 Å². The van der Waals surface area contributed by atoms with Gasteiger partial charge in [0.1, 0.15) is 17.1 Å². The van der Waals surface area contributed by atoms with Crippen LogP contribution in [0, 0.1) is 0 Å². The molecule has 0 saturated heterocycles. The molecule has 0 fully saturated rings. The Labute approximate surface area is 183 Å². The van der Waals surface area contributed by atoms with E-state index in [0.717, 1.165) is 5.39 Å². The average molecular weight is 436 g/mol. The molecule has 6 nitrogen and oxygen atoms in total. The number of benzene rings is 3. The van der Waals surface area contributed by atoms with Gasteiger partial charge in [0.25, 0.3) is 5.91 Å². The predicted molar refractivity (Wildman–Crippen MR) is 120 cm³/mol. The Morgan fingerprint density at radius 2 is 1.68 bits per heavy atom. The molecule has 0 spiro atoms. The molecule has 1 N–H and O–H groups in total. The molecule has 1 heterocycles. The van der Waals surface area contributed by atoms with Crippen LogP contribution in [-0.2, 0) is 0 Å². The van der Waals surface area contributed by atoms with Crippen molar-refractivity contribution in [3.05, 3.63) is 87.7 Å². The fraction of sp³-hybridized carbons (Fsp3) is 0.0833. The Morgan fingerprint density at radius 1 is 0.935 bits per heavy atom. The van der Waals surface area contributed by atoms with E-state index < -0.39 is 11.5 Å². The number of rotatable bonds is 5. The van der Waals surface area contributed by atoms with E-state index in [4.69, 9.17) is 25.5 Å². The standard InChI is InChI=1S/C24H18ClNO5/c1-29-21-10-8-16(25)13-18(21)23(27)26-19-12-14(7-9-22(19)30-2)17-11-15-5-3-4-6-20(15)31-24(17)28/h3-13H,1-2H3,(H,26,27). The molecule has 31 heavy (non-hydrogen) atoms. The third-order valence-electron chi connectivity index (χ3n) is 4.81. The maximum Gasteiger partial charge on any atom is 0.344 e. The van der Waals surface area contributed by atoms with Gasteiger partial charge in [-0.1, -0.05) is 35.9 Å². The van der Waals surface area contributed by atoms with Crippen molar-refractivity contribution in [3.8, 4) is 22.6 Å². The van der Waals surface area contributed by atoms with Gasteiger partial charge in [-0.25, -0.2) is 4.79 Å². The first-order chi connectivity index (χ1) is 15.0. The Kier molecular flexibility index (Phi) is 5.64. The molecule has 7 heteroatoms. The number of amides is 1. The van der Waals surface area contributed by atoms with Gasteiger partial charge in [-0.15, -0.1) is 0 Å². The van der Waals surface area contributed by atoms with Crippen LogP contribution in [0.4, 0.5) is 5.69 Å². The number of carbonyl (C=O) groups is 1. The third kappa shape index (κ3) is 4.11. The van der Waals surface area contributed by atoms with E-state index in [2.05, 4.69) is 5.32 Å². The summed E-state index contributed by atoms with van der Waals surface area (Å²) in [6, 6.07) is 18.9. The highest BCUT2D eigenvalue weighted by Gasteiger charge is 2.17.